The number of pyridine rings is 1. The summed E-state index contributed by atoms with van der Waals surface area (Å²) in [6, 6.07) is 54.6. The summed E-state index contributed by atoms with van der Waals surface area (Å²) in [5.41, 5.74) is 9.92. The van der Waals surface area contributed by atoms with Gasteiger partial charge in [0.1, 0.15) is 0 Å². The van der Waals surface area contributed by atoms with Gasteiger partial charge >= 0.3 is 0 Å². The molecule has 6 aromatic carbocycles. The Labute approximate surface area is 267 Å². The highest BCUT2D eigenvalue weighted by molar-refractivity contribution is 6.05. The Morgan fingerprint density at radius 1 is 0.261 bits per heavy atom. The number of benzene rings is 6. The highest BCUT2D eigenvalue weighted by atomic mass is 15.0. The molecule has 4 heteroatoms. The smallest absolute Gasteiger partial charge is 0.164 e. The third kappa shape index (κ3) is 5.33. The van der Waals surface area contributed by atoms with Crippen LogP contribution in [0.1, 0.15) is 0 Å². The van der Waals surface area contributed by atoms with E-state index in [1.165, 1.54) is 33.0 Å². The van der Waals surface area contributed by atoms with E-state index in [2.05, 4.69) is 89.9 Å². The van der Waals surface area contributed by atoms with Crippen molar-refractivity contribution in [3.8, 4) is 67.5 Å². The molecule has 0 fully saturated rings. The summed E-state index contributed by atoms with van der Waals surface area (Å²) >= 11 is 0. The number of rotatable bonds is 6. The SMILES string of the molecule is c1ccc(-c2nc(-c3ccccc3)nc(-c3ccc(-c4ccc(-c5ccc(-c6ccncc6)cc5)c5ccccc45)cc3)n2)cc1. The predicted molar refractivity (Wildman–Crippen MR) is 188 cm³/mol. The Balaban J connectivity index is 1.16. The van der Waals surface area contributed by atoms with Crippen LogP contribution < -0.4 is 0 Å². The molecular formula is C42H28N4. The molecule has 0 aliphatic carbocycles. The third-order valence-corrected chi connectivity index (χ3v) is 8.29. The fourth-order valence-electron chi connectivity index (χ4n) is 5.93. The van der Waals surface area contributed by atoms with Crippen molar-refractivity contribution >= 4 is 10.8 Å². The van der Waals surface area contributed by atoms with Gasteiger partial charge in [-0.2, -0.15) is 0 Å². The Morgan fingerprint density at radius 3 is 1.07 bits per heavy atom. The van der Waals surface area contributed by atoms with Crippen molar-refractivity contribution in [1.29, 1.82) is 0 Å². The van der Waals surface area contributed by atoms with Gasteiger partial charge in [0, 0.05) is 29.1 Å². The molecule has 8 aromatic rings. The number of hydrogen-bond acceptors (Lipinski definition) is 4. The van der Waals surface area contributed by atoms with Crippen molar-refractivity contribution in [3.63, 3.8) is 0 Å². The quantitative estimate of drug-likeness (QED) is 0.194. The van der Waals surface area contributed by atoms with Crippen LogP contribution in [0.5, 0.6) is 0 Å². The molecule has 0 aliphatic heterocycles. The van der Waals surface area contributed by atoms with E-state index >= 15 is 0 Å². The fraction of sp³-hybridized carbons (Fsp3) is 0. The minimum atomic E-state index is 0.648. The lowest BCUT2D eigenvalue weighted by molar-refractivity contribution is 1.07. The molecule has 46 heavy (non-hydrogen) atoms. The van der Waals surface area contributed by atoms with Crippen LogP contribution in [-0.2, 0) is 0 Å². The first-order valence-electron chi connectivity index (χ1n) is 15.3. The summed E-state index contributed by atoms with van der Waals surface area (Å²) in [6.45, 7) is 0. The van der Waals surface area contributed by atoms with Gasteiger partial charge in [-0.1, -0.05) is 146 Å². The van der Waals surface area contributed by atoms with E-state index in [1.54, 1.807) is 0 Å². The summed E-state index contributed by atoms with van der Waals surface area (Å²) in [4.78, 5) is 18.8. The minimum absolute atomic E-state index is 0.648. The lowest BCUT2D eigenvalue weighted by atomic mass is 9.91. The zero-order chi connectivity index (χ0) is 30.7. The van der Waals surface area contributed by atoms with E-state index in [4.69, 9.17) is 15.0 Å². The van der Waals surface area contributed by atoms with E-state index in [9.17, 15) is 0 Å². The van der Waals surface area contributed by atoms with Crippen LogP contribution >= 0.6 is 0 Å². The first kappa shape index (κ1) is 27.3. The molecule has 0 amide bonds. The maximum Gasteiger partial charge on any atom is 0.164 e. The van der Waals surface area contributed by atoms with Gasteiger partial charge in [0.25, 0.3) is 0 Å². The average Bonchev–Trinajstić information content (AvgIpc) is 3.15. The standard InChI is InChI=1S/C42H28N4/c1-3-9-33(10-4-1)40-44-41(34-11-5-2-6-12-34)46-42(45-40)35-21-19-32(20-22-35)37-24-23-36(38-13-7-8-14-39(37)38)31-17-15-29(16-18-31)30-25-27-43-28-26-30/h1-28H. The van der Waals surface area contributed by atoms with Crippen molar-refractivity contribution in [3.05, 3.63) is 170 Å². The Morgan fingerprint density at radius 2 is 0.609 bits per heavy atom. The van der Waals surface area contributed by atoms with Gasteiger partial charge in [0.15, 0.2) is 17.5 Å². The zero-order valence-electron chi connectivity index (χ0n) is 25.0. The van der Waals surface area contributed by atoms with Crippen LogP contribution in [0.25, 0.3) is 78.3 Å². The minimum Gasteiger partial charge on any atom is -0.265 e. The van der Waals surface area contributed by atoms with Crippen molar-refractivity contribution in [2.24, 2.45) is 0 Å². The maximum atomic E-state index is 4.90. The molecule has 0 radical (unpaired) electrons. The number of hydrogen-bond donors (Lipinski definition) is 0. The van der Waals surface area contributed by atoms with Gasteiger partial charge in [-0.3, -0.25) is 4.98 Å². The third-order valence-electron chi connectivity index (χ3n) is 8.29. The van der Waals surface area contributed by atoms with Crippen molar-refractivity contribution in [1.82, 2.24) is 19.9 Å². The van der Waals surface area contributed by atoms with Crippen LogP contribution in [0.15, 0.2) is 170 Å². The van der Waals surface area contributed by atoms with Gasteiger partial charge in [0.05, 0.1) is 0 Å². The zero-order valence-corrected chi connectivity index (χ0v) is 25.0. The van der Waals surface area contributed by atoms with Crippen molar-refractivity contribution in [2.45, 2.75) is 0 Å². The summed E-state index contributed by atoms with van der Waals surface area (Å²) in [5, 5.41) is 2.43. The lowest BCUT2D eigenvalue weighted by Crippen LogP contribution is -2.00. The summed E-state index contributed by atoms with van der Waals surface area (Å²) < 4.78 is 0. The predicted octanol–water partition coefficient (Wildman–Crippen LogP) is 10.4. The van der Waals surface area contributed by atoms with E-state index in [1.807, 2.05) is 85.2 Å². The van der Waals surface area contributed by atoms with Crippen molar-refractivity contribution in [2.75, 3.05) is 0 Å². The molecule has 0 saturated carbocycles. The maximum absolute atomic E-state index is 4.90. The van der Waals surface area contributed by atoms with E-state index in [-0.39, 0.29) is 0 Å². The first-order chi connectivity index (χ1) is 22.8. The monoisotopic (exact) mass is 588 g/mol. The Bertz CT molecular complexity index is 2210. The molecule has 2 aromatic heterocycles. The summed E-state index contributed by atoms with van der Waals surface area (Å²) in [5.74, 6) is 1.96. The normalized spacial score (nSPS) is 11.0. The molecule has 4 nitrogen and oxygen atoms in total. The number of fused-ring (bicyclic) bond motifs is 1. The molecular weight excluding hydrogens is 560 g/mol. The molecule has 0 aliphatic rings. The molecule has 2 heterocycles. The van der Waals surface area contributed by atoms with Crippen molar-refractivity contribution < 1.29 is 0 Å². The lowest BCUT2D eigenvalue weighted by Gasteiger charge is -2.13. The van der Waals surface area contributed by atoms with E-state index < -0.39 is 0 Å². The summed E-state index contributed by atoms with van der Waals surface area (Å²) in [7, 11) is 0. The van der Waals surface area contributed by atoms with Crippen LogP contribution in [0, 0.1) is 0 Å². The van der Waals surface area contributed by atoms with Crippen LogP contribution in [0.3, 0.4) is 0 Å². The average molecular weight is 589 g/mol. The topological polar surface area (TPSA) is 51.6 Å². The van der Waals surface area contributed by atoms with E-state index in [0.29, 0.717) is 17.5 Å². The van der Waals surface area contributed by atoms with Crippen LogP contribution in [0.2, 0.25) is 0 Å². The molecule has 0 spiro atoms. The van der Waals surface area contributed by atoms with Gasteiger partial charge in [-0.25, -0.2) is 15.0 Å². The highest BCUT2D eigenvalue weighted by Gasteiger charge is 2.14. The molecule has 216 valence electrons. The van der Waals surface area contributed by atoms with E-state index in [0.717, 1.165) is 27.8 Å². The van der Waals surface area contributed by atoms with Crippen LogP contribution in [-0.4, -0.2) is 19.9 Å². The number of nitrogens with zero attached hydrogens (tertiary/aromatic N) is 4. The summed E-state index contributed by atoms with van der Waals surface area (Å²) in [6.07, 6.45) is 3.66. The van der Waals surface area contributed by atoms with Gasteiger partial charge < -0.3 is 0 Å². The van der Waals surface area contributed by atoms with Gasteiger partial charge in [-0.05, 0) is 56.3 Å². The number of aromatic nitrogens is 4. The second kappa shape index (κ2) is 12.0. The largest absolute Gasteiger partial charge is 0.265 e. The molecule has 0 saturated heterocycles. The van der Waals surface area contributed by atoms with Gasteiger partial charge in [-0.15, -0.1) is 0 Å². The van der Waals surface area contributed by atoms with Gasteiger partial charge in [0.2, 0.25) is 0 Å². The molecule has 0 N–H and O–H groups in total. The molecule has 8 rings (SSSR count). The highest BCUT2D eigenvalue weighted by Crippen LogP contribution is 2.37. The van der Waals surface area contributed by atoms with Crippen LogP contribution in [0.4, 0.5) is 0 Å². The fourth-order valence-corrected chi connectivity index (χ4v) is 5.93. The second-order valence-corrected chi connectivity index (χ2v) is 11.1. The first-order valence-corrected chi connectivity index (χ1v) is 15.3. The molecule has 0 unspecified atom stereocenters. The molecule has 0 atom stereocenters. The molecule has 0 bridgehead atoms. The second-order valence-electron chi connectivity index (χ2n) is 11.1. The Kier molecular flexibility index (Phi) is 7.14. The Hall–Kier alpha value is -6.26.